The summed E-state index contributed by atoms with van der Waals surface area (Å²) in [5.74, 6) is 1.76. The van der Waals surface area contributed by atoms with E-state index >= 15 is 0 Å². The van der Waals surface area contributed by atoms with Gasteiger partial charge in [0.1, 0.15) is 12.7 Å². The van der Waals surface area contributed by atoms with Gasteiger partial charge in [-0.3, -0.25) is 4.79 Å². The van der Waals surface area contributed by atoms with Gasteiger partial charge in [-0.2, -0.15) is 5.10 Å². The zero-order valence-corrected chi connectivity index (χ0v) is 18.5. The van der Waals surface area contributed by atoms with E-state index in [-0.39, 0.29) is 11.9 Å². The predicted octanol–water partition coefficient (Wildman–Crippen LogP) is 3.45. The molecule has 8 nitrogen and oxygen atoms in total. The van der Waals surface area contributed by atoms with Crippen LogP contribution in [-0.4, -0.2) is 53.9 Å². The number of hydrogen-bond donors (Lipinski definition) is 0. The second kappa shape index (κ2) is 9.97. The Balaban J connectivity index is 1.65. The lowest BCUT2D eigenvalue weighted by Crippen LogP contribution is -2.29. The zero-order chi connectivity index (χ0) is 22.4. The van der Waals surface area contributed by atoms with Gasteiger partial charge in [0.2, 0.25) is 11.7 Å². The Bertz CT molecular complexity index is 978. The molecule has 3 aromatic rings. The highest BCUT2D eigenvalue weighted by Crippen LogP contribution is 2.38. The number of ether oxygens (including phenoxy) is 3. The van der Waals surface area contributed by atoms with E-state index in [9.17, 15) is 4.79 Å². The van der Waals surface area contributed by atoms with E-state index in [0.717, 1.165) is 16.8 Å². The third-order valence-electron chi connectivity index (χ3n) is 5.39. The van der Waals surface area contributed by atoms with Crippen molar-refractivity contribution < 1.29 is 19.0 Å². The van der Waals surface area contributed by atoms with Crippen LogP contribution in [0.3, 0.4) is 0 Å². The van der Waals surface area contributed by atoms with Crippen molar-refractivity contribution in [2.45, 2.75) is 25.8 Å². The number of aryl methyl sites for hydroxylation is 1. The molecule has 0 saturated carbocycles. The third kappa shape index (κ3) is 4.96. The van der Waals surface area contributed by atoms with E-state index in [0.29, 0.717) is 30.1 Å². The van der Waals surface area contributed by atoms with Gasteiger partial charge in [0, 0.05) is 13.5 Å². The van der Waals surface area contributed by atoms with Crippen molar-refractivity contribution in [3.8, 4) is 22.9 Å². The maximum atomic E-state index is 12.8. The minimum Gasteiger partial charge on any atom is -0.493 e. The average Bonchev–Trinajstić information content (AvgIpc) is 3.35. The first kappa shape index (κ1) is 22.1. The van der Waals surface area contributed by atoms with Gasteiger partial charge < -0.3 is 19.1 Å². The molecule has 0 aliphatic rings. The molecule has 1 heterocycles. The monoisotopic (exact) mass is 424 g/mol. The van der Waals surface area contributed by atoms with Crippen molar-refractivity contribution in [3.05, 3.63) is 60.2 Å². The predicted molar refractivity (Wildman–Crippen MR) is 117 cm³/mol. The topological polar surface area (TPSA) is 78.7 Å². The molecule has 0 spiro atoms. The van der Waals surface area contributed by atoms with E-state index in [2.05, 4.69) is 10.1 Å². The highest BCUT2D eigenvalue weighted by atomic mass is 16.5. The second-order valence-corrected chi connectivity index (χ2v) is 7.15. The number of hydrogen-bond acceptors (Lipinski definition) is 6. The van der Waals surface area contributed by atoms with Crippen LogP contribution in [-0.2, 0) is 11.2 Å². The minimum atomic E-state index is -0.0581. The summed E-state index contributed by atoms with van der Waals surface area (Å²) in [6.07, 6.45) is 4.09. The van der Waals surface area contributed by atoms with Crippen molar-refractivity contribution in [2.24, 2.45) is 0 Å². The van der Waals surface area contributed by atoms with Crippen LogP contribution in [0.15, 0.2) is 49.1 Å². The van der Waals surface area contributed by atoms with Crippen LogP contribution in [0.1, 0.15) is 30.5 Å². The van der Waals surface area contributed by atoms with Gasteiger partial charge in [0.15, 0.2) is 11.5 Å². The van der Waals surface area contributed by atoms with Crippen molar-refractivity contribution >= 4 is 5.91 Å². The maximum Gasteiger partial charge on any atom is 0.223 e. The summed E-state index contributed by atoms with van der Waals surface area (Å²) < 4.78 is 17.8. The fourth-order valence-corrected chi connectivity index (χ4v) is 3.39. The number of benzene rings is 2. The van der Waals surface area contributed by atoms with Crippen molar-refractivity contribution in [2.75, 3.05) is 28.4 Å². The summed E-state index contributed by atoms with van der Waals surface area (Å²) in [4.78, 5) is 18.6. The molecule has 1 aromatic heterocycles. The van der Waals surface area contributed by atoms with Gasteiger partial charge in [-0.05, 0) is 48.7 Å². The maximum absolute atomic E-state index is 12.8. The lowest BCUT2D eigenvalue weighted by atomic mass is 10.0. The number of carbonyl (C=O) groups excluding carboxylic acids is 1. The number of methoxy groups -OCH3 is 3. The molecule has 164 valence electrons. The van der Waals surface area contributed by atoms with Crippen molar-refractivity contribution in [3.63, 3.8) is 0 Å². The van der Waals surface area contributed by atoms with Crippen LogP contribution in [0.2, 0.25) is 0 Å². The summed E-state index contributed by atoms with van der Waals surface area (Å²) >= 11 is 0. The smallest absolute Gasteiger partial charge is 0.223 e. The number of amides is 1. The molecule has 2 aromatic carbocycles. The number of aromatic nitrogens is 3. The molecule has 0 N–H and O–H groups in total. The molecule has 0 aliphatic heterocycles. The van der Waals surface area contributed by atoms with Gasteiger partial charge in [0.25, 0.3) is 0 Å². The molecule has 0 bridgehead atoms. The summed E-state index contributed by atoms with van der Waals surface area (Å²) in [7, 11) is 6.55. The van der Waals surface area contributed by atoms with Crippen LogP contribution in [0.5, 0.6) is 17.2 Å². The molecule has 1 amide bonds. The molecule has 0 aliphatic carbocycles. The molecular formula is C23H28N4O4. The summed E-state index contributed by atoms with van der Waals surface area (Å²) in [6.45, 7) is 2.02. The Kier molecular flexibility index (Phi) is 7.12. The highest BCUT2D eigenvalue weighted by Gasteiger charge is 2.19. The molecule has 8 heteroatoms. The van der Waals surface area contributed by atoms with E-state index in [1.165, 1.54) is 6.33 Å². The van der Waals surface area contributed by atoms with Gasteiger partial charge in [0.05, 0.1) is 33.1 Å². The first-order chi connectivity index (χ1) is 15.0. The normalized spacial score (nSPS) is 11.6. The van der Waals surface area contributed by atoms with E-state index in [1.54, 1.807) is 37.2 Å². The quantitative estimate of drug-likeness (QED) is 0.524. The Morgan fingerprint density at radius 1 is 1.06 bits per heavy atom. The standard InChI is InChI=1S/C23H28N4O4/c1-16(18-7-9-19(10-8-18)27-15-24-14-25-27)26(2)22(28)11-6-17-12-20(29-3)23(31-5)21(13-17)30-4/h7-10,12-16H,6,11H2,1-5H3/t16-/m1/s1. The van der Waals surface area contributed by atoms with Gasteiger partial charge in [-0.25, -0.2) is 9.67 Å². The minimum absolute atomic E-state index is 0.0570. The van der Waals surface area contributed by atoms with Crippen LogP contribution >= 0.6 is 0 Å². The highest BCUT2D eigenvalue weighted by molar-refractivity contribution is 5.76. The van der Waals surface area contributed by atoms with Crippen LogP contribution in [0.4, 0.5) is 0 Å². The zero-order valence-electron chi connectivity index (χ0n) is 18.5. The second-order valence-electron chi connectivity index (χ2n) is 7.15. The number of rotatable bonds is 9. The largest absolute Gasteiger partial charge is 0.493 e. The molecular weight excluding hydrogens is 396 g/mol. The SMILES string of the molecule is COc1cc(CCC(=O)N(C)[C@H](C)c2ccc(-n3cncn3)cc2)cc(OC)c1OC. The van der Waals surface area contributed by atoms with Crippen molar-refractivity contribution in [1.82, 2.24) is 19.7 Å². The Morgan fingerprint density at radius 2 is 1.71 bits per heavy atom. The first-order valence-corrected chi connectivity index (χ1v) is 9.98. The van der Waals surface area contributed by atoms with Gasteiger partial charge >= 0.3 is 0 Å². The lowest BCUT2D eigenvalue weighted by Gasteiger charge is -2.26. The molecule has 0 saturated heterocycles. The molecule has 0 unspecified atom stereocenters. The molecule has 1 atom stereocenters. The summed E-state index contributed by atoms with van der Waals surface area (Å²) in [5.41, 5.74) is 2.92. The summed E-state index contributed by atoms with van der Waals surface area (Å²) in [5, 5.41) is 4.13. The molecule has 31 heavy (non-hydrogen) atoms. The lowest BCUT2D eigenvalue weighted by molar-refractivity contribution is -0.131. The van der Waals surface area contributed by atoms with E-state index in [1.807, 2.05) is 50.4 Å². The van der Waals surface area contributed by atoms with Gasteiger partial charge in [-0.1, -0.05) is 12.1 Å². The van der Waals surface area contributed by atoms with Crippen LogP contribution < -0.4 is 14.2 Å². The number of nitrogens with zero attached hydrogens (tertiary/aromatic N) is 4. The Morgan fingerprint density at radius 3 is 2.23 bits per heavy atom. The van der Waals surface area contributed by atoms with Crippen LogP contribution in [0.25, 0.3) is 5.69 Å². The Hall–Kier alpha value is -3.55. The Labute approximate surface area is 182 Å². The molecule has 3 rings (SSSR count). The average molecular weight is 425 g/mol. The number of carbonyl (C=O) groups is 1. The molecule has 0 fully saturated rings. The third-order valence-corrected chi connectivity index (χ3v) is 5.39. The van der Waals surface area contributed by atoms with Crippen LogP contribution in [0, 0.1) is 0 Å². The van der Waals surface area contributed by atoms with Gasteiger partial charge in [-0.15, -0.1) is 0 Å². The van der Waals surface area contributed by atoms with Crippen molar-refractivity contribution in [1.29, 1.82) is 0 Å². The first-order valence-electron chi connectivity index (χ1n) is 9.98. The molecule has 0 radical (unpaired) electrons. The fourth-order valence-electron chi connectivity index (χ4n) is 3.39. The van der Waals surface area contributed by atoms with E-state index < -0.39 is 0 Å². The van der Waals surface area contributed by atoms with E-state index in [4.69, 9.17) is 14.2 Å². The fraction of sp³-hybridized carbons (Fsp3) is 0.348. The summed E-state index contributed by atoms with van der Waals surface area (Å²) in [6, 6.07) is 11.6.